The van der Waals surface area contributed by atoms with Gasteiger partial charge in [-0.3, -0.25) is 4.98 Å². The highest BCUT2D eigenvalue weighted by Crippen LogP contribution is 2.36. The summed E-state index contributed by atoms with van der Waals surface area (Å²) in [7, 11) is 0. The van der Waals surface area contributed by atoms with Gasteiger partial charge in [-0.05, 0) is 37.3 Å². The minimum absolute atomic E-state index is 0.232. The van der Waals surface area contributed by atoms with Crippen LogP contribution in [0.3, 0.4) is 0 Å². The first-order chi connectivity index (χ1) is 12.3. The first-order valence-corrected chi connectivity index (χ1v) is 7.88. The molecule has 0 spiro atoms. The Bertz CT molecular complexity index is 1100. The summed E-state index contributed by atoms with van der Waals surface area (Å²) >= 11 is 0. The molecule has 0 atom stereocenters. The van der Waals surface area contributed by atoms with Crippen LogP contribution in [0.15, 0.2) is 53.1 Å². The van der Waals surface area contributed by atoms with Crippen molar-refractivity contribution in [2.75, 3.05) is 6.79 Å². The fourth-order valence-electron chi connectivity index (χ4n) is 2.97. The van der Waals surface area contributed by atoms with Crippen molar-refractivity contribution in [2.24, 2.45) is 0 Å². The number of para-hydroxylation sites is 1. The molecule has 0 aliphatic carbocycles. The zero-order valence-corrected chi connectivity index (χ0v) is 13.4. The summed E-state index contributed by atoms with van der Waals surface area (Å²) < 4.78 is 16.2. The van der Waals surface area contributed by atoms with Gasteiger partial charge in [-0.15, -0.1) is 0 Å². The Morgan fingerprint density at radius 2 is 1.80 bits per heavy atom. The number of rotatable bonds is 2. The molecule has 0 fully saturated rings. The Kier molecular flexibility index (Phi) is 2.97. The van der Waals surface area contributed by atoms with Crippen molar-refractivity contribution in [3.8, 4) is 34.3 Å². The number of hydrogen-bond donors (Lipinski definition) is 0. The minimum Gasteiger partial charge on any atom is -0.454 e. The van der Waals surface area contributed by atoms with Crippen LogP contribution in [0, 0.1) is 6.92 Å². The van der Waals surface area contributed by atoms with Crippen LogP contribution in [0.25, 0.3) is 33.7 Å². The Balaban J connectivity index is 1.62. The van der Waals surface area contributed by atoms with E-state index in [1.807, 2.05) is 55.5 Å². The van der Waals surface area contributed by atoms with E-state index in [9.17, 15) is 0 Å². The Hall–Kier alpha value is -3.41. The molecular formula is C19H13N3O3. The van der Waals surface area contributed by atoms with Crippen LogP contribution < -0.4 is 9.47 Å². The molecule has 2 aromatic heterocycles. The molecule has 0 saturated heterocycles. The fraction of sp³-hybridized carbons (Fsp3) is 0.105. The standard InChI is InChI=1S/C19H13N3O3/c1-11-8-14(13-4-2-3-5-15(13)20-11)18-21-19(25-22-18)12-6-7-16-17(9-12)24-10-23-16/h2-9H,10H2,1H3. The molecule has 1 aliphatic heterocycles. The quantitative estimate of drug-likeness (QED) is 0.553. The zero-order valence-electron chi connectivity index (χ0n) is 13.4. The van der Waals surface area contributed by atoms with Gasteiger partial charge in [0, 0.05) is 22.2 Å². The number of fused-ring (bicyclic) bond motifs is 2. The Morgan fingerprint density at radius 1 is 0.920 bits per heavy atom. The Labute approximate surface area is 143 Å². The van der Waals surface area contributed by atoms with Gasteiger partial charge < -0.3 is 14.0 Å². The molecule has 3 heterocycles. The minimum atomic E-state index is 0.232. The van der Waals surface area contributed by atoms with Crippen LogP contribution >= 0.6 is 0 Å². The topological polar surface area (TPSA) is 70.3 Å². The van der Waals surface area contributed by atoms with Crippen molar-refractivity contribution in [1.82, 2.24) is 15.1 Å². The highest BCUT2D eigenvalue weighted by molar-refractivity contribution is 5.92. The van der Waals surface area contributed by atoms with E-state index in [-0.39, 0.29) is 6.79 Å². The van der Waals surface area contributed by atoms with Gasteiger partial charge in [0.2, 0.25) is 12.6 Å². The van der Waals surface area contributed by atoms with E-state index in [0.717, 1.165) is 33.5 Å². The maximum absolute atomic E-state index is 5.48. The number of hydrogen-bond acceptors (Lipinski definition) is 6. The number of ether oxygens (including phenoxy) is 2. The highest BCUT2D eigenvalue weighted by Gasteiger charge is 2.18. The summed E-state index contributed by atoms with van der Waals surface area (Å²) in [6.45, 7) is 2.19. The normalized spacial score (nSPS) is 12.7. The van der Waals surface area contributed by atoms with Crippen LogP contribution in [0.1, 0.15) is 5.69 Å². The summed E-state index contributed by atoms with van der Waals surface area (Å²) in [6, 6.07) is 15.5. The van der Waals surface area contributed by atoms with Crippen molar-refractivity contribution in [3.05, 3.63) is 54.2 Å². The van der Waals surface area contributed by atoms with Gasteiger partial charge in [0.15, 0.2) is 11.5 Å². The van der Waals surface area contributed by atoms with E-state index in [4.69, 9.17) is 14.0 Å². The average molecular weight is 331 g/mol. The van der Waals surface area contributed by atoms with Crippen LogP contribution in [0.2, 0.25) is 0 Å². The third-order valence-electron chi connectivity index (χ3n) is 4.13. The van der Waals surface area contributed by atoms with Gasteiger partial charge in [0.05, 0.1) is 5.52 Å². The largest absolute Gasteiger partial charge is 0.454 e. The van der Waals surface area contributed by atoms with Crippen molar-refractivity contribution >= 4 is 10.9 Å². The van der Waals surface area contributed by atoms with E-state index in [0.29, 0.717) is 17.5 Å². The SMILES string of the molecule is Cc1cc(-c2noc(-c3ccc4c(c3)OCO4)n2)c2ccccc2n1. The highest BCUT2D eigenvalue weighted by atomic mass is 16.7. The van der Waals surface area contributed by atoms with Crippen molar-refractivity contribution in [1.29, 1.82) is 0 Å². The molecular weight excluding hydrogens is 318 g/mol. The van der Waals surface area contributed by atoms with Gasteiger partial charge in [-0.2, -0.15) is 4.98 Å². The second kappa shape index (κ2) is 5.31. The van der Waals surface area contributed by atoms with Crippen LogP contribution in [0.5, 0.6) is 11.5 Å². The molecule has 0 saturated carbocycles. The van der Waals surface area contributed by atoms with E-state index < -0.39 is 0 Å². The van der Waals surface area contributed by atoms with Crippen LogP contribution in [-0.2, 0) is 0 Å². The van der Waals surface area contributed by atoms with Crippen molar-refractivity contribution < 1.29 is 14.0 Å². The number of pyridine rings is 1. The van der Waals surface area contributed by atoms with Crippen molar-refractivity contribution in [2.45, 2.75) is 6.92 Å². The Morgan fingerprint density at radius 3 is 2.76 bits per heavy atom. The molecule has 4 aromatic rings. The fourth-order valence-corrected chi connectivity index (χ4v) is 2.97. The third-order valence-corrected chi connectivity index (χ3v) is 4.13. The molecule has 0 unspecified atom stereocenters. The predicted octanol–water partition coefficient (Wildman–Crippen LogP) is 3.99. The lowest BCUT2D eigenvalue weighted by atomic mass is 10.1. The summed E-state index contributed by atoms with van der Waals surface area (Å²) in [5, 5.41) is 5.15. The third kappa shape index (κ3) is 2.30. The number of aryl methyl sites for hydroxylation is 1. The van der Waals surface area contributed by atoms with E-state index in [2.05, 4.69) is 15.1 Å². The molecule has 122 valence electrons. The molecule has 0 bridgehead atoms. The molecule has 2 aromatic carbocycles. The zero-order chi connectivity index (χ0) is 16.8. The molecule has 0 amide bonds. The lowest BCUT2D eigenvalue weighted by Crippen LogP contribution is -1.92. The summed E-state index contributed by atoms with van der Waals surface area (Å²) in [5.41, 5.74) is 3.51. The van der Waals surface area contributed by atoms with Gasteiger partial charge in [-0.25, -0.2) is 0 Å². The van der Waals surface area contributed by atoms with E-state index in [1.54, 1.807) is 0 Å². The number of aromatic nitrogens is 3. The molecule has 25 heavy (non-hydrogen) atoms. The molecule has 0 radical (unpaired) electrons. The molecule has 0 N–H and O–H groups in total. The second-order valence-electron chi connectivity index (χ2n) is 5.82. The number of benzene rings is 2. The summed E-state index contributed by atoms with van der Waals surface area (Å²) in [4.78, 5) is 9.12. The van der Waals surface area contributed by atoms with Gasteiger partial charge >= 0.3 is 0 Å². The molecule has 6 heteroatoms. The molecule has 1 aliphatic rings. The second-order valence-corrected chi connectivity index (χ2v) is 5.82. The maximum Gasteiger partial charge on any atom is 0.258 e. The van der Waals surface area contributed by atoms with E-state index in [1.165, 1.54) is 0 Å². The first kappa shape index (κ1) is 14.0. The predicted molar refractivity (Wildman–Crippen MR) is 91.3 cm³/mol. The average Bonchev–Trinajstić information content (AvgIpc) is 3.29. The van der Waals surface area contributed by atoms with Crippen LogP contribution in [-0.4, -0.2) is 21.9 Å². The summed E-state index contributed by atoms with van der Waals surface area (Å²) in [5.74, 6) is 2.38. The molecule has 6 nitrogen and oxygen atoms in total. The lowest BCUT2D eigenvalue weighted by Gasteiger charge is -2.03. The van der Waals surface area contributed by atoms with Gasteiger partial charge in [0.1, 0.15) is 0 Å². The smallest absolute Gasteiger partial charge is 0.258 e. The number of nitrogens with zero attached hydrogens (tertiary/aromatic N) is 3. The van der Waals surface area contributed by atoms with Crippen LogP contribution in [0.4, 0.5) is 0 Å². The summed E-state index contributed by atoms with van der Waals surface area (Å²) in [6.07, 6.45) is 0. The van der Waals surface area contributed by atoms with E-state index >= 15 is 0 Å². The molecule has 5 rings (SSSR count). The van der Waals surface area contributed by atoms with Crippen molar-refractivity contribution in [3.63, 3.8) is 0 Å². The lowest BCUT2D eigenvalue weighted by molar-refractivity contribution is 0.174. The maximum atomic E-state index is 5.48. The first-order valence-electron chi connectivity index (χ1n) is 7.88. The monoisotopic (exact) mass is 331 g/mol. The van der Waals surface area contributed by atoms with Gasteiger partial charge in [0.25, 0.3) is 5.89 Å². The van der Waals surface area contributed by atoms with Gasteiger partial charge in [-0.1, -0.05) is 23.4 Å².